The average Bonchev–Trinajstić information content (AvgIpc) is 3.57. The molecule has 0 aliphatic carbocycles. The Bertz CT molecular complexity index is 1850. The third-order valence-electron chi connectivity index (χ3n) is 8.19. The number of carbonyl (C=O) groups is 1. The predicted octanol–water partition coefficient (Wildman–Crippen LogP) is 8.06. The number of rotatable bonds is 13. The fourth-order valence-electron chi connectivity index (χ4n) is 5.75. The number of carbonyl (C=O) groups excluding carboxylic acids is 1. The molecule has 5 aromatic rings. The van der Waals surface area contributed by atoms with Gasteiger partial charge in [-0.05, 0) is 65.1 Å². The van der Waals surface area contributed by atoms with E-state index in [2.05, 4.69) is 67.2 Å². The van der Waals surface area contributed by atoms with Crippen LogP contribution in [0.25, 0.3) is 22.2 Å². The Hall–Kier alpha value is -4.99. The van der Waals surface area contributed by atoms with E-state index in [-0.39, 0.29) is 23.1 Å². The molecule has 0 radical (unpaired) electrons. The summed E-state index contributed by atoms with van der Waals surface area (Å²) in [7, 11) is 0. The van der Waals surface area contributed by atoms with Crippen LogP contribution in [0.4, 0.5) is 16.2 Å². The molecule has 0 atom stereocenters. The minimum atomic E-state index is -0.475. The zero-order valence-electron chi connectivity index (χ0n) is 28.2. The number of para-hydroxylation sites is 1. The van der Waals surface area contributed by atoms with Crippen molar-refractivity contribution in [3.05, 3.63) is 94.9 Å². The van der Waals surface area contributed by atoms with Gasteiger partial charge in [-0.1, -0.05) is 71.9 Å². The quantitative estimate of drug-likeness (QED) is 0.126. The molecular formula is C37H45N7O3. The van der Waals surface area contributed by atoms with E-state index in [9.17, 15) is 9.59 Å². The summed E-state index contributed by atoms with van der Waals surface area (Å²) in [6, 6.07) is 17.0. The topological polar surface area (TPSA) is 116 Å². The van der Waals surface area contributed by atoms with Gasteiger partial charge in [-0.2, -0.15) is 5.10 Å². The van der Waals surface area contributed by atoms with Crippen LogP contribution in [0, 0.1) is 5.92 Å². The number of benzene rings is 2. The number of fused-ring (bicyclic) bond motifs is 1. The van der Waals surface area contributed by atoms with Crippen molar-refractivity contribution in [3.8, 4) is 16.9 Å². The van der Waals surface area contributed by atoms with Gasteiger partial charge in [0.05, 0.1) is 6.61 Å². The fourth-order valence-corrected chi connectivity index (χ4v) is 5.75. The Balaban J connectivity index is 1.56. The van der Waals surface area contributed by atoms with Crippen LogP contribution in [-0.4, -0.2) is 37.0 Å². The molecule has 0 spiro atoms. The number of anilines is 2. The Kier molecular flexibility index (Phi) is 10.7. The van der Waals surface area contributed by atoms with Crippen molar-refractivity contribution in [2.24, 2.45) is 5.92 Å². The summed E-state index contributed by atoms with van der Waals surface area (Å²) in [4.78, 5) is 36.9. The third-order valence-corrected chi connectivity index (χ3v) is 8.19. The van der Waals surface area contributed by atoms with Crippen LogP contribution < -0.4 is 20.9 Å². The minimum absolute atomic E-state index is 0.193. The van der Waals surface area contributed by atoms with E-state index in [0.29, 0.717) is 42.6 Å². The van der Waals surface area contributed by atoms with Crippen molar-refractivity contribution in [1.82, 2.24) is 24.3 Å². The van der Waals surface area contributed by atoms with E-state index < -0.39 is 6.03 Å². The first-order chi connectivity index (χ1) is 22.6. The van der Waals surface area contributed by atoms with Crippen LogP contribution in [0.3, 0.4) is 0 Å². The SMILES string of the molecule is CC(C)CCn1c(=O)c(NC(=O)Nc2c(C(C)C)cccc2C(C)C)c(-c2cccc(OCCCn3cncn3)c2)c2cccnc21. The van der Waals surface area contributed by atoms with E-state index >= 15 is 0 Å². The predicted molar refractivity (Wildman–Crippen MR) is 188 cm³/mol. The molecule has 2 N–H and O–H groups in total. The Morgan fingerprint density at radius 1 is 0.894 bits per heavy atom. The van der Waals surface area contributed by atoms with Gasteiger partial charge in [-0.15, -0.1) is 0 Å². The van der Waals surface area contributed by atoms with E-state index in [1.165, 1.54) is 6.33 Å². The van der Waals surface area contributed by atoms with Crippen LogP contribution in [0.15, 0.2) is 78.2 Å². The standard InChI is InChI=1S/C37H45N7O3/c1-24(2)16-19-44-35-31(15-9-17-39-35)32(27-11-7-12-28(21-27)47-20-10-18-43-23-38-22-40-43)34(36(44)45)42-37(46)41-33-29(25(3)4)13-8-14-30(33)26(5)6/h7-9,11-15,17,21-26H,10,16,18-20H2,1-6H3,(H2,41,42,46). The number of nitrogens with one attached hydrogen (secondary N) is 2. The second-order valence-electron chi connectivity index (χ2n) is 12.9. The van der Waals surface area contributed by atoms with Gasteiger partial charge in [0, 0.05) is 42.3 Å². The molecule has 0 saturated carbocycles. The van der Waals surface area contributed by atoms with Gasteiger partial charge in [0.15, 0.2) is 0 Å². The van der Waals surface area contributed by atoms with E-state index in [0.717, 1.165) is 40.6 Å². The molecule has 0 bridgehead atoms. The first kappa shape index (κ1) is 33.4. The first-order valence-corrected chi connectivity index (χ1v) is 16.4. The maximum Gasteiger partial charge on any atom is 0.323 e. The minimum Gasteiger partial charge on any atom is -0.494 e. The van der Waals surface area contributed by atoms with E-state index in [4.69, 9.17) is 4.74 Å². The molecule has 2 aromatic carbocycles. The zero-order valence-corrected chi connectivity index (χ0v) is 28.2. The maximum absolute atomic E-state index is 14.4. The number of amides is 2. The number of ether oxygens (including phenoxy) is 1. The zero-order chi connectivity index (χ0) is 33.5. The Morgan fingerprint density at radius 3 is 2.30 bits per heavy atom. The van der Waals surface area contributed by atoms with Crippen molar-refractivity contribution in [2.75, 3.05) is 17.2 Å². The average molecular weight is 636 g/mol. The van der Waals surface area contributed by atoms with Gasteiger partial charge in [0.25, 0.3) is 5.56 Å². The van der Waals surface area contributed by atoms with Gasteiger partial charge < -0.3 is 15.4 Å². The van der Waals surface area contributed by atoms with E-state index in [1.807, 2.05) is 54.6 Å². The molecule has 0 aliphatic rings. The summed E-state index contributed by atoms with van der Waals surface area (Å²) in [6.07, 6.45) is 6.42. The van der Waals surface area contributed by atoms with Crippen molar-refractivity contribution >= 4 is 28.4 Å². The molecule has 0 aliphatic heterocycles. The summed E-state index contributed by atoms with van der Waals surface area (Å²) in [5.74, 6) is 1.42. The second-order valence-corrected chi connectivity index (χ2v) is 12.9. The summed E-state index contributed by atoms with van der Waals surface area (Å²) >= 11 is 0. The number of aryl methyl sites for hydroxylation is 2. The highest BCUT2D eigenvalue weighted by molar-refractivity contribution is 6.07. The highest BCUT2D eigenvalue weighted by Crippen LogP contribution is 2.36. The molecule has 10 heteroatoms. The molecule has 3 heterocycles. The Labute approximate surface area is 276 Å². The van der Waals surface area contributed by atoms with Crippen LogP contribution in [-0.2, 0) is 13.1 Å². The number of hydrogen-bond donors (Lipinski definition) is 2. The van der Waals surface area contributed by atoms with Gasteiger partial charge in [0.2, 0.25) is 0 Å². The van der Waals surface area contributed by atoms with Crippen molar-refractivity contribution < 1.29 is 9.53 Å². The lowest BCUT2D eigenvalue weighted by atomic mass is 9.93. The van der Waals surface area contributed by atoms with Gasteiger partial charge in [0.1, 0.15) is 29.7 Å². The fraction of sp³-hybridized carbons (Fsp3) is 0.378. The third kappa shape index (κ3) is 7.88. The largest absolute Gasteiger partial charge is 0.494 e. The number of nitrogens with zero attached hydrogens (tertiary/aromatic N) is 5. The smallest absolute Gasteiger partial charge is 0.323 e. The molecule has 47 heavy (non-hydrogen) atoms. The van der Waals surface area contributed by atoms with Crippen molar-refractivity contribution in [2.45, 2.75) is 79.3 Å². The summed E-state index contributed by atoms with van der Waals surface area (Å²) in [5, 5.41) is 11.0. The molecule has 2 amide bonds. The molecule has 246 valence electrons. The van der Waals surface area contributed by atoms with Crippen LogP contribution in [0.1, 0.15) is 77.3 Å². The number of urea groups is 1. The summed E-state index contributed by atoms with van der Waals surface area (Å²) < 4.78 is 9.55. The molecule has 10 nitrogen and oxygen atoms in total. The molecule has 0 unspecified atom stereocenters. The highest BCUT2D eigenvalue weighted by atomic mass is 16.5. The van der Waals surface area contributed by atoms with Gasteiger partial charge in [-0.25, -0.2) is 14.8 Å². The molecule has 3 aromatic heterocycles. The molecular weight excluding hydrogens is 590 g/mol. The van der Waals surface area contributed by atoms with Crippen molar-refractivity contribution in [3.63, 3.8) is 0 Å². The second kappa shape index (κ2) is 15.1. The highest BCUT2D eigenvalue weighted by Gasteiger charge is 2.23. The van der Waals surface area contributed by atoms with Crippen LogP contribution >= 0.6 is 0 Å². The molecule has 0 fully saturated rings. The maximum atomic E-state index is 14.4. The summed E-state index contributed by atoms with van der Waals surface area (Å²) in [5.41, 5.74) is 4.67. The first-order valence-electron chi connectivity index (χ1n) is 16.4. The number of pyridine rings is 2. The van der Waals surface area contributed by atoms with Crippen LogP contribution in [0.2, 0.25) is 0 Å². The van der Waals surface area contributed by atoms with E-state index in [1.54, 1.807) is 21.8 Å². The van der Waals surface area contributed by atoms with Crippen molar-refractivity contribution in [1.29, 1.82) is 0 Å². The molecule has 0 saturated heterocycles. The Morgan fingerprint density at radius 2 is 1.62 bits per heavy atom. The van der Waals surface area contributed by atoms with Crippen LogP contribution in [0.5, 0.6) is 5.75 Å². The lowest BCUT2D eigenvalue weighted by molar-refractivity contribution is 0.262. The number of hydrogen-bond acceptors (Lipinski definition) is 6. The lowest BCUT2D eigenvalue weighted by Gasteiger charge is -2.22. The number of aromatic nitrogens is 5. The van der Waals surface area contributed by atoms with Gasteiger partial charge >= 0.3 is 6.03 Å². The molecule has 5 rings (SSSR count). The normalized spacial score (nSPS) is 11.5. The monoisotopic (exact) mass is 635 g/mol. The lowest BCUT2D eigenvalue weighted by Crippen LogP contribution is -2.30. The summed E-state index contributed by atoms with van der Waals surface area (Å²) in [6.45, 7) is 14.3. The van der Waals surface area contributed by atoms with Gasteiger partial charge in [-0.3, -0.25) is 14.0 Å².